The summed E-state index contributed by atoms with van der Waals surface area (Å²) in [7, 11) is 1.17. The molecule has 0 unspecified atom stereocenters. The van der Waals surface area contributed by atoms with Crippen molar-refractivity contribution in [2.24, 2.45) is 0 Å². The van der Waals surface area contributed by atoms with Gasteiger partial charge in [-0.15, -0.1) is 0 Å². The van der Waals surface area contributed by atoms with E-state index in [2.05, 4.69) is 27.6 Å². The van der Waals surface area contributed by atoms with Gasteiger partial charge in [0.2, 0.25) is 0 Å². The number of ether oxygens (including phenoxy) is 1. The van der Waals surface area contributed by atoms with E-state index in [-0.39, 0.29) is 30.1 Å². The summed E-state index contributed by atoms with van der Waals surface area (Å²) in [5.74, 6) is -1.03. The normalized spacial score (nSPS) is 18.7. The minimum Gasteiger partial charge on any atom is -0.422 e. The lowest BCUT2D eigenvalue weighted by atomic mass is 9.95. The van der Waals surface area contributed by atoms with Crippen LogP contribution in [0.1, 0.15) is 64.1 Å². The zero-order valence-electron chi connectivity index (χ0n) is 29.8. The lowest BCUT2D eigenvalue weighted by Crippen LogP contribution is -2.53. The van der Waals surface area contributed by atoms with Gasteiger partial charge in [0.05, 0.1) is 36.0 Å². The van der Waals surface area contributed by atoms with Crippen LogP contribution in [0.3, 0.4) is 0 Å². The highest BCUT2D eigenvalue weighted by molar-refractivity contribution is 7.87. The van der Waals surface area contributed by atoms with Gasteiger partial charge in [0.15, 0.2) is 0 Å². The van der Waals surface area contributed by atoms with Crippen LogP contribution in [-0.4, -0.2) is 114 Å². The van der Waals surface area contributed by atoms with Crippen molar-refractivity contribution >= 4 is 44.4 Å². The number of nitrogens with zero attached hydrogens (tertiary/aromatic N) is 5. The Morgan fingerprint density at radius 2 is 1.76 bits per heavy atom. The highest BCUT2D eigenvalue weighted by atomic mass is 32.2. The van der Waals surface area contributed by atoms with E-state index in [1.54, 1.807) is 38.0 Å². The Balaban J connectivity index is 1.26. The Morgan fingerprint density at radius 1 is 1.02 bits per heavy atom. The van der Waals surface area contributed by atoms with Crippen molar-refractivity contribution in [3.8, 4) is 0 Å². The molecule has 0 aliphatic carbocycles. The van der Waals surface area contributed by atoms with Crippen molar-refractivity contribution in [3.63, 3.8) is 0 Å². The second-order valence-electron chi connectivity index (χ2n) is 13.9. The van der Waals surface area contributed by atoms with Crippen molar-refractivity contribution in [2.75, 3.05) is 76.9 Å². The molecule has 3 aliphatic rings. The maximum atomic E-state index is 13.9. The smallest absolute Gasteiger partial charge is 0.341 e. The molecule has 3 aliphatic heterocycles. The molecule has 50 heavy (non-hydrogen) atoms. The van der Waals surface area contributed by atoms with E-state index in [1.165, 1.54) is 13.1 Å². The number of rotatable bonds is 9. The first-order valence-corrected chi connectivity index (χ1v) is 18.7. The molecule has 13 nitrogen and oxygen atoms in total. The van der Waals surface area contributed by atoms with Gasteiger partial charge >= 0.3 is 15.8 Å². The van der Waals surface area contributed by atoms with Gasteiger partial charge in [0, 0.05) is 81.7 Å². The Hall–Kier alpha value is -3.98. The number of hydrogen-bond donors (Lipinski definition) is 1. The standard InChI is InChI=1S/C36H48N6O7S/c1-23(2)39(5)50(46,47)37-34(43)29-10-9-25(19-32(29)40-14-7-8-15-40)35(44)42-16-13-27-28-11-12-31(24(3)33(28)49-36(45)30(27)21-42)41-18-17-38(4)26(20-41)22-48-6/h9-12,19,23,26H,7-8,13-18,20-22H2,1-6H3,(H,37,43)/t26-/m1/s1. The summed E-state index contributed by atoms with van der Waals surface area (Å²) in [6.45, 7) is 10.5. The summed E-state index contributed by atoms with van der Waals surface area (Å²) in [6, 6.07) is 8.79. The van der Waals surface area contributed by atoms with Gasteiger partial charge in [-0.25, -0.2) is 9.52 Å². The molecule has 1 aromatic heterocycles. The molecule has 270 valence electrons. The predicted octanol–water partition coefficient (Wildman–Crippen LogP) is 2.98. The molecule has 6 rings (SSSR count). The number of amides is 2. The number of nitrogens with one attached hydrogen (secondary N) is 1. The number of likely N-dealkylation sites (N-methyl/N-ethyl adjacent to an activating group) is 1. The predicted molar refractivity (Wildman–Crippen MR) is 193 cm³/mol. The third-order valence-electron chi connectivity index (χ3n) is 10.5. The lowest BCUT2D eigenvalue weighted by Gasteiger charge is -2.41. The van der Waals surface area contributed by atoms with Gasteiger partial charge in [-0.05, 0) is 83.0 Å². The number of piperazine rings is 1. The maximum Gasteiger partial charge on any atom is 0.341 e. The summed E-state index contributed by atoms with van der Waals surface area (Å²) >= 11 is 0. The Bertz CT molecular complexity index is 1960. The zero-order valence-corrected chi connectivity index (χ0v) is 30.6. The molecule has 0 spiro atoms. The van der Waals surface area contributed by atoms with Crippen LogP contribution < -0.4 is 20.1 Å². The topological polar surface area (TPSA) is 136 Å². The minimum atomic E-state index is -4.06. The van der Waals surface area contributed by atoms with Gasteiger partial charge in [0.25, 0.3) is 11.8 Å². The average Bonchev–Trinajstić information content (AvgIpc) is 3.64. The van der Waals surface area contributed by atoms with Crippen LogP contribution in [0.2, 0.25) is 0 Å². The van der Waals surface area contributed by atoms with Gasteiger partial charge in [-0.2, -0.15) is 12.7 Å². The van der Waals surface area contributed by atoms with Gasteiger partial charge in [0.1, 0.15) is 5.58 Å². The van der Waals surface area contributed by atoms with E-state index in [9.17, 15) is 22.8 Å². The van der Waals surface area contributed by atoms with E-state index < -0.39 is 21.7 Å². The van der Waals surface area contributed by atoms with Crippen LogP contribution >= 0.6 is 0 Å². The fourth-order valence-electron chi connectivity index (χ4n) is 7.29. The van der Waals surface area contributed by atoms with E-state index in [0.717, 1.165) is 59.0 Å². The van der Waals surface area contributed by atoms with E-state index >= 15 is 0 Å². The third kappa shape index (κ3) is 6.85. The summed E-state index contributed by atoms with van der Waals surface area (Å²) in [6.07, 6.45) is 2.34. The number of benzene rings is 2. The van der Waals surface area contributed by atoms with E-state index in [1.807, 2.05) is 17.9 Å². The molecular formula is C36H48N6O7S. The molecule has 2 amide bonds. The maximum absolute atomic E-state index is 13.9. The van der Waals surface area contributed by atoms with Crippen LogP contribution in [0.25, 0.3) is 11.0 Å². The molecule has 4 heterocycles. The molecule has 0 bridgehead atoms. The van der Waals surface area contributed by atoms with Crippen LogP contribution in [0.15, 0.2) is 39.5 Å². The molecule has 2 aromatic carbocycles. The monoisotopic (exact) mass is 708 g/mol. The number of methoxy groups -OCH3 is 1. The van der Waals surface area contributed by atoms with Crippen LogP contribution in [0, 0.1) is 6.92 Å². The van der Waals surface area contributed by atoms with Gasteiger partial charge in [-0.3, -0.25) is 14.5 Å². The largest absolute Gasteiger partial charge is 0.422 e. The highest BCUT2D eigenvalue weighted by Crippen LogP contribution is 2.34. The fraction of sp³-hybridized carbons (Fsp3) is 0.528. The second kappa shape index (κ2) is 14.3. The molecule has 1 N–H and O–H groups in total. The number of aryl methyl sites for hydroxylation is 1. The number of carbonyl (C=O) groups excluding carboxylic acids is 2. The second-order valence-corrected chi connectivity index (χ2v) is 15.6. The average molecular weight is 709 g/mol. The first-order valence-electron chi connectivity index (χ1n) is 17.3. The quantitative estimate of drug-likeness (QED) is 0.331. The molecule has 2 saturated heterocycles. The minimum absolute atomic E-state index is 0.103. The number of anilines is 2. The van der Waals surface area contributed by atoms with Gasteiger partial charge in [-0.1, -0.05) is 0 Å². The Kier molecular flexibility index (Phi) is 10.3. The fourth-order valence-corrected chi connectivity index (χ4v) is 8.33. The zero-order chi connectivity index (χ0) is 35.9. The van der Waals surface area contributed by atoms with Crippen molar-refractivity contribution < 1.29 is 27.2 Å². The molecule has 0 saturated carbocycles. The summed E-state index contributed by atoms with van der Waals surface area (Å²) in [5, 5.41) is 0.889. The van der Waals surface area contributed by atoms with Crippen molar-refractivity contribution in [2.45, 2.75) is 58.7 Å². The van der Waals surface area contributed by atoms with Crippen molar-refractivity contribution in [1.29, 1.82) is 0 Å². The number of fused-ring (bicyclic) bond motifs is 3. The molecule has 1 atom stereocenters. The van der Waals surface area contributed by atoms with Crippen molar-refractivity contribution in [3.05, 3.63) is 68.6 Å². The molecular weight excluding hydrogens is 660 g/mol. The van der Waals surface area contributed by atoms with Gasteiger partial charge < -0.3 is 23.9 Å². The van der Waals surface area contributed by atoms with Crippen LogP contribution in [-0.2, 0) is 27.9 Å². The van der Waals surface area contributed by atoms with Crippen LogP contribution in [0.4, 0.5) is 11.4 Å². The highest BCUT2D eigenvalue weighted by Gasteiger charge is 2.31. The van der Waals surface area contributed by atoms with E-state index in [0.29, 0.717) is 55.1 Å². The summed E-state index contributed by atoms with van der Waals surface area (Å²) in [4.78, 5) is 49.1. The Morgan fingerprint density at radius 3 is 2.46 bits per heavy atom. The number of hydrogen-bond acceptors (Lipinski definition) is 10. The Labute approximate surface area is 293 Å². The first-order chi connectivity index (χ1) is 23.8. The molecule has 2 fully saturated rings. The molecule has 3 aromatic rings. The number of carbonyl (C=O) groups is 2. The SMILES string of the molecule is COC[C@H]1CN(c2ccc3c4c(c(=O)oc3c2C)CN(C(=O)c2ccc(C(=O)NS(=O)(=O)N(C)C(C)C)c(N3CCCC3)c2)CC4)CCN1C. The summed E-state index contributed by atoms with van der Waals surface area (Å²) < 4.78 is 40.3. The van der Waals surface area contributed by atoms with E-state index in [4.69, 9.17) is 9.15 Å². The lowest BCUT2D eigenvalue weighted by molar-refractivity contribution is 0.0732. The molecule has 14 heteroatoms. The molecule has 0 radical (unpaired) electrons. The third-order valence-corrected chi connectivity index (χ3v) is 12.1. The van der Waals surface area contributed by atoms with Crippen molar-refractivity contribution in [1.82, 2.24) is 18.8 Å². The first kappa shape index (κ1) is 35.8. The summed E-state index contributed by atoms with van der Waals surface area (Å²) in [5.41, 5.74) is 4.52. The van der Waals surface area contributed by atoms with Crippen LogP contribution in [0.5, 0.6) is 0 Å².